The molecule has 2 rings (SSSR count). The molecular weight excluding hydrogens is 172 g/mol. The summed E-state index contributed by atoms with van der Waals surface area (Å²) in [5, 5.41) is 0. The fourth-order valence-electron chi connectivity index (χ4n) is 2.12. The van der Waals surface area contributed by atoms with Crippen molar-refractivity contribution in [1.29, 1.82) is 0 Å². The molecule has 0 radical (unpaired) electrons. The number of benzene rings is 1. The molecule has 1 aliphatic carbocycles. The molecule has 2 heteroatoms. The van der Waals surface area contributed by atoms with E-state index < -0.39 is 0 Å². The molecule has 1 aliphatic rings. The number of nitrogens with one attached hydrogen (secondary N) is 1. The second-order valence-corrected chi connectivity index (χ2v) is 4.12. The van der Waals surface area contributed by atoms with Gasteiger partial charge in [-0.25, -0.2) is 0 Å². The van der Waals surface area contributed by atoms with Crippen molar-refractivity contribution >= 4 is 0 Å². The van der Waals surface area contributed by atoms with E-state index in [0.717, 1.165) is 0 Å². The Bertz CT molecular complexity index is 320. The van der Waals surface area contributed by atoms with Crippen molar-refractivity contribution < 1.29 is 0 Å². The van der Waals surface area contributed by atoms with E-state index in [1.54, 1.807) is 0 Å². The summed E-state index contributed by atoms with van der Waals surface area (Å²) in [6.07, 6.45) is 5.17. The van der Waals surface area contributed by atoms with Gasteiger partial charge in [-0.3, -0.25) is 11.3 Å². The van der Waals surface area contributed by atoms with Crippen molar-refractivity contribution in [2.45, 2.75) is 38.6 Å². The average molecular weight is 190 g/mol. The van der Waals surface area contributed by atoms with Crippen molar-refractivity contribution in [3.63, 3.8) is 0 Å². The normalized spacial score (nSPS) is 17.6. The second kappa shape index (κ2) is 4.11. The fraction of sp³-hybridized carbons (Fsp3) is 0.500. The first kappa shape index (κ1) is 9.69. The lowest BCUT2D eigenvalue weighted by Gasteiger charge is -2.18. The number of hydrogen-bond acceptors (Lipinski definition) is 2. The molecular formula is C12H18N2. The van der Waals surface area contributed by atoms with Crippen LogP contribution in [-0.4, -0.2) is 0 Å². The summed E-state index contributed by atoms with van der Waals surface area (Å²) in [6.45, 7) is 2.09. The summed E-state index contributed by atoms with van der Waals surface area (Å²) in [4.78, 5) is 0. The van der Waals surface area contributed by atoms with Gasteiger partial charge in [-0.1, -0.05) is 18.2 Å². The topological polar surface area (TPSA) is 38.0 Å². The third-order valence-corrected chi connectivity index (χ3v) is 3.12. The van der Waals surface area contributed by atoms with Crippen LogP contribution in [0.25, 0.3) is 0 Å². The third kappa shape index (κ3) is 1.81. The van der Waals surface area contributed by atoms with Crippen molar-refractivity contribution in [1.82, 2.24) is 5.43 Å². The molecule has 76 valence electrons. The van der Waals surface area contributed by atoms with Crippen LogP contribution in [0.3, 0.4) is 0 Å². The molecule has 0 saturated carbocycles. The number of hydrogen-bond donors (Lipinski definition) is 2. The molecule has 1 aromatic rings. The second-order valence-electron chi connectivity index (χ2n) is 4.12. The molecule has 0 aromatic heterocycles. The van der Waals surface area contributed by atoms with Crippen LogP contribution in [-0.2, 0) is 12.8 Å². The molecule has 0 aliphatic heterocycles. The Kier molecular flexibility index (Phi) is 2.85. The van der Waals surface area contributed by atoms with Crippen LogP contribution in [0.5, 0.6) is 0 Å². The smallest absolute Gasteiger partial charge is 0.0431 e. The molecule has 0 fully saturated rings. The number of aryl methyl sites for hydroxylation is 2. The molecule has 0 bridgehead atoms. The van der Waals surface area contributed by atoms with Crippen LogP contribution in [0, 0.1) is 0 Å². The zero-order valence-electron chi connectivity index (χ0n) is 8.72. The minimum atomic E-state index is 0.252. The predicted molar refractivity (Wildman–Crippen MR) is 58.8 cm³/mol. The monoisotopic (exact) mass is 190 g/mol. The van der Waals surface area contributed by atoms with Crippen LogP contribution in [0.2, 0.25) is 0 Å². The van der Waals surface area contributed by atoms with Crippen molar-refractivity contribution in [3.05, 3.63) is 34.9 Å². The predicted octanol–water partition coefficient (Wildman–Crippen LogP) is 2.09. The Hall–Kier alpha value is -0.860. The molecule has 14 heavy (non-hydrogen) atoms. The summed E-state index contributed by atoms with van der Waals surface area (Å²) >= 11 is 0. The molecule has 0 unspecified atom stereocenters. The minimum Gasteiger partial charge on any atom is -0.271 e. The zero-order chi connectivity index (χ0) is 9.97. The van der Waals surface area contributed by atoms with Gasteiger partial charge in [0.2, 0.25) is 0 Å². The Balaban J connectivity index is 2.29. The first-order valence-corrected chi connectivity index (χ1v) is 5.39. The van der Waals surface area contributed by atoms with Crippen LogP contribution >= 0.6 is 0 Å². The van der Waals surface area contributed by atoms with Crippen molar-refractivity contribution in [3.8, 4) is 0 Å². The van der Waals surface area contributed by atoms with Gasteiger partial charge in [0.15, 0.2) is 0 Å². The summed E-state index contributed by atoms with van der Waals surface area (Å²) < 4.78 is 0. The number of fused-ring (bicyclic) bond motifs is 1. The maximum Gasteiger partial charge on any atom is 0.0431 e. The quantitative estimate of drug-likeness (QED) is 0.553. The maximum absolute atomic E-state index is 5.43. The van der Waals surface area contributed by atoms with E-state index in [0.29, 0.717) is 0 Å². The van der Waals surface area contributed by atoms with Gasteiger partial charge in [0.05, 0.1) is 0 Å². The Morgan fingerprint density at radius 3 is 2.64 bits per heavy atom. The molecule has 0 amide bonds. The number of rotatable bonds is 2. The summed E-state index contributed by atoms with van der Waals surface area (Å²) in [5.74, 6) is 5.43. The standard InChI is InChI=1S/C12H18N2/c1-9(14-13)11-7-6-10-4-2-3-5-12(10)8-11/h6-9,14H,2-5,13H2,1H3/t9-/m0/s1. The molecule has 2 nitrogen and oxygen atoms in total. The molecule has 0 heterocycles. The highest BCUT2D eigenvalue weighted by atomic mass is 15.2. The van der Waals surface area contributed by atoms with E-state index in [1.165, 1.54) is 42.4 Å². The van der Waals surface area contributed by atoms with E-state index in [9.17, 15) is 0 Å². The van der Waals surface area contributed by atoms with E-state index in [4.69, 9.17) is 5.84 Å². The van der Waals surface area contributed by atoms with Crippen molar-refractivity contribution in [2.75, 3.05) is 0 Å². The van der Waals surface area contributed by atoms with Gasteiger partial charge < -0.3 is 0 Å². The molecule has 0 spiro atoms. The number of nitrogens with two attached hydrogens (primary N) is 1. The van der Waals surface area contributed by atoms with Crippen LogP contribution in [0.15, 0.2) is 18.2 Å². The van der Waals surface area contributed by atoms with Gasteiger partial charge in [-0.15, -0.1) is 0 Å². The Morgan fingerprint density at radius 2 is 1.93 bits per heavy atom. The van der Waals surface area contributed by atoms with Gasteiger partial charge in [0, 0.05) is 6.04 Å². The SMILES string of the molecule is C[C@H](NN)c1ccc2c(c1)CCCC2. The first-order valence-electron chi connectivity index (χ1n) is 5.39. The molecule has 3 N–H and O–H groups in total. The van der Waals surface area contributed by atoms with Crippen LogP contribution in [0.1, 0.15) is 42.5 Å². The van der Waals surface area contributed by atoms with Gasteiger partial charge >= 0.3 is 0 Å². The van der Waals surface area contributed by atoms with Gasteiger partial charge in [0.1, 0.15) is 0 Å². The Morgan fingerprint density at radius 1 is 1.21 bits per heavy atom. The van der Waals surface area contributed by atoms with Crippen LogP contribution in [0.4, 0.5) is 0 Å². The summed E-state index contributed by atoms with van der Waals surface area (Å²) in [5.41, 5.74) is 7.14. The lowest BCUT2D eigenvalue weighted by molar-refractivity contribution is 0.599. The van der Waals surface area contributed by atoms with Gasteiger partial charge in [-0.05, 0) is 49.3 Å². The van der Waals surface area contributed by atoms with E-state index in [2.05, 4.69) is 30.5 Å². The summed E-state index contributed by atoms with van der Waals surface area (Å²) in [6, 6.07) is 7.01. The molecule has 1 atom stereocenters. The lowest BCUT2D eigenvalue weighted by Crippen LogP contribution is -2.25. The van der Waals surface area contributed by atoms with E-state index >= 15 is 0 Å². The van der Waals surface area contributed by atoms with Crippen LogP contribution < -0.4 is 11.3 Å². The Labute approximate surface area is 85.5 Å². The minimum absolute atomic E-state index is 0.252. The largest absolute Gasteiger partial charge is 0.271 e. The lowest BCUT2D eigenvalue weighted by atomic mass is 9.89. The fourth-order valence-corrected chi connectivity index (χ4v) is 2.12. The summed E-state index contributed by atoms with van der Waals surface area (Å²) in [7, 11) is 0. The molecule has 1 aromatic carbocycles. The van der Waals surface area contributed by atoms with Gasteiger partial charge in [0.25, 0.3) is 0 Å². The third-order valence-electron chi connectivity index (χ3n) is 3.12. The van der Waals surface area contributed by atoms with Crippen molar-refractivity contribution in [2.24, 2.45) is 5.84 Å². The van der Waals surface area contributed by atoms with E-state index in [-0.39, 0.29) is 6.04 Å². The highest BCUT2D eigenvalue weighted by Crippen LogP contribution is 2.24. The zero-order valence-corrected chi connectivity index (χ0v) is 8.72. The average Bonchev–Trinajstić information content (AvgIpc) is 2.27. The molecule has 0 saturated heterocycles. The van der Waals surface area contributed by atoms with E-state index in [1.807, 2.05) is 0 Å². The number of hydrazine groups is 1. The maximum atomic E-state index is 5.43. The van der Waals surface area contributed by atoms with Gasteiger partial charge in [-0.2, -0.15) is 0 Å². The highest BCUT2D eigenvalue weighted by molar-refractivity contribution is 5.34. The first-order chi connectivity index (χ1) is 6.81. The highest BCUT2D eigenvalue weighted by Gasteiger charge is 2.11.